The number of benzene rings is 1. The molecule has 0 saturated carbocycles. The predicted octanol–water partition coefficient (Wildman–Crippen LogP) is 3.13. The number of hydrogen-bond donors (Lipinski definition) is 1. The zero-order valence-electron chi connectivity index (χ0n) is 14.1. The molecule has 1 fully saturated rings. The van der Waals surface area contributed by atoms with Crippen LogP contribution in [0.1, 0.15) is 26.2 Å². The molecular weight excluding hydrogens is 379 g/mol. The quantitative estimate of drug-likeness (QED) is 0.612. The maximum atomic E-state index is 12.6. The summed E-state index contributed by atoms with van der Waals surface area (Å²) in [6.07, 6.45) is 4.18. The van der Waals surface area contributed by atoms with E-state index >= 15 is 0 Å². The van der Waals surface area contributed by atoms with Gasteiger partial charge in [0.1, 0.15) is 5.75 Å². The number of ether oxygens (including phenoxy) is 1. The Morgan fingerprint density at radius 2 is 1.85 bits per heavy atom. The molecule has 6 nitrogen and oxygen atoms in total. The zero-order chi connectivity index (χ0) is 18.8. The monoisotopic (exact) mass is 396 g/mol. The Balaban J connectivity index is 1.70. The molecule has 1 N–H and O–H groups in total. The minimum Gasteiger partial charge on any atom is -0.479 e. The molecule has 0 aromatic heterocycles. The van der Waals surface area contributed by atoms with Crippen LogP contribution in [0.15, 0.2) is 30.4 Å². The number of imide groups is 1. The van der Waals surface area contributed by atoms with E-state index in [0.717, 1.165) is 5.01 Å². The summed E-state index contributed by atoms with van der Waals surface area (Å²) < 4.78 is 5.65. The Hall–Kier alpha value is -2.05. The van der Waals surface area contributed by atoms with Crippen LogP contribution in [0, 0.1) is 11.8 Å². The lowest BCUT2D eigenvalue weighted by molar-refractivity contribution is -0.151. The lowest BCUT2D eigenvalue weighted by Crippen LogP contribution is -2.51. The van der Waals surface area contributed by atoms with Crippen molar-refractivity contribution in [2.75, 3.05) is 0 Å². The van der Waals surface area contributed by atoms with E-state index in [-0.39, 0.29) is 17.6 Å². The Morgan fingerprint density at radius 3 is 2.42 bits per heavy atom. The SMILES string of the molecule is CC[C@@H](Oc1cc(Cl)ccc1Cl)C(=O)NN1C(=O)[C@H]2CC=CC[C@@H]2C1=O. The Bertz CT molecular complexity index is 754. The standard InChI is InChI=1S/C18H18Cl2N2O4/c1-2-14(26-15-9-10(19)7-8-13(15)20)16(23)21-22-17(24)11-5-3-4-6-12(11)18(22)25/h3-4,7-9,11-12,14H,2,5-6H2,1H3,(H,21,23)/t11-,12-,14+/m0/s1. The van der Waals surface area contributed by atoms with Gasteiger partial charge in [0.05, 0.1) is 16.9 Å². The van der Waals surface area contributed by atoms with Crippen molar-refractivity contribution in [2.45, 2.75) is 32.3 Å². The second-order valence-corrected chi connectivity index (χ2v) is 7.08. The molecule has 1 aromatic rings. The maximum Gasteiger partial charge on any atom is 0.279 e. The van der Waals surface area contributed by atoms with Crippen LogP contribution in [-0.4, -0.2) is 28.8 Å². The van der Waals surface area contributed by atoms with Gasteiger partial charge < -0.3 is 4.74 Å². The lowest BCUT2D eigenvalue weighted by Gasteiger charge is -2.22. The van der Waals surface area contributed by atoms with Gasteiger partial charge in [-0.15, -0.1) is 0 Å². The number of nitrogens with zero attached hydrogens (tertiary/aromatic N) is 1. The number of rotatable bonds is 5. The highest BCUT2D eigenvalue weighted by Crippen LogP contribution is 2.34. The molecular formula is C18H18Cl2N2O4. The number of carbonyl (C=O) groups is 3. The fourth-order valence-corrected chi connectivity index (χ4v) is 3.46. The van der Waals surface area contributed by atoms with Crippen molar-refractivity contribution >= 4 is 40.9 Å². The highest BCUT2D eigenvalue weighted by atomic mass is 35.5. The van der Waals surface area contributed by atoms with Gasteiger partial charge in [0.25, 0.3) is 17.7 Å². The summed E-state index contributed by atoms with van der Waals surface area (Å²) in [6.45, 7) is 1.75. The van der Waals surface area contributed by atoms with Gasteiger partial charge in [-0.05, 0) is 31.4 Å². The van der Waals surface area contributed by atoms with Crippen LogP contribution in [0.4, 0.5) is 0 Å². The molecule has 2 aliphatic rings. The van der Waals surface area contributed by atoms with Crippen molar-refractivity contribution in [3.8, 4) is 5.75 Å². The van der Waals surface area contributed by atoms with Crippen molar-refractivity contribution in [3.05, 3.63) is 40.4 Å². The summed E-state index contributed by atoms with van der Waals surface area (Å²) in [7, 11) is 0. The van der Waals surface area contributed by atoms with Crippen molar-refractivity contribution in [1.82, 2.24) is 10.4 Å². The molecule has 1 aliphatic carbocycles. The van der Waals surface area contributed by atoms with E-state index in [1.165, 1.54) is 6.07 Å². The first-order valence-electron chi connectivity index (χ1n) is 8.37. The van der Waals surface area contributed by atoms with E-state index in [9.17, 15) is 14.4 Å². The second kappa shape index (κ2) is 7.68. The third-order valence-electron chi connectivity index (χ3n) is 4.56. The number of hydrogen-bond acceptors (Lipinski definition) is 4. The van der Waals surface area contributed by atoms with Crippen LogP contribution >= 0.6 is 23.2 Å². The highest BCUT2D eigenvalue weighted by molar-refractivity contribution is 6.34. The fourth-order valence-electron chi connectivity index (χ4n) is 3.14. The molecule has 1 aliphatic heterocycles. The van der Waals surface area contributed by atoms with Crippen molar-refractivity contribution in [3.63, 3.8) is 0 Å². The van der Waals surface area contributed by atoms with Crippen LogP contribution in [0.25, 0.3) is 0 Å². The molecule has 0 spiro atoms. The van der Waals surface area contributed by atoms with Gasteiger partial charge in [-0.2, -0.15) is 5.01 Å². The predicted molar refractivity (Wildman–Crippen MR) is 96.5 cm³/mol. The summed E-state index contributed by atoms with van der Waals surface area (Å²) in [4.78, 5) is 37.4. The van der Waals surface area contributed by atoms with Crippen molar-refractivity contribution < 1.29 is 19.1 Å². The first-order chi connectivity index (χ1) is 12.4. The molecule has 0 radical (unpaired) electrons. The summed E-state index contributed by atoms with van der Waals surface area (Å²) in [5.74, 6) is -1.90. The fraction of sp³-hybridized carbons (Fsp3) is 0.389. The van der Waals surface area contributed by atoms with Gasteiger partial charge in [0, 0.05) is 11.1 Å². The summed E-state index contributed by atoms with van der Waals surface area (Å²) in [6, 6.07) is 4.68. The molecule has 1 aromatic carbocycles. The average molecular weight is 397 g/mol. The highest BCUT2D eigenvalue weighted by Gasteiger charge is 2.48. The topological polar surface area (TPSA) is 75.7 Å². The third kappa shape index (κ3) is 3.57. The maximum absolute atomic E-state index is 12.6. The first-order valence-corrected chi connectivity index (χ1v) is 9.13. The number of carbonyl (C=O) groups excluding carboxylic acids is 3. The summed E-state index contributed by atoms with van der Waals surface area (Å²) >= 11 is 12.0. The van der Waals surface area contributed by atoms with Gasteiger partial charge in [0.15, 0.2) is 6.10 Å². The number of nitrogens with one attached hydrogen (secondary N) is 1. The lowest BCUT2D eigenvalue weighted by atomic mass is 9.85. The van der Waals surface area contributed by atoms with E-state index in [1.807, 2.05) is 12.2 Å². The molecule has 3 atom stereocenters. The molecule has 8 heteroatoms. The van der Waals surface area contributed by atoms with Gasteiger partial charge >= 0.3 is 0 Å². The van der Waals surface area contributed by atoms with Crippen LogP contribution in [0.3, 0.4) is 0 Å². The summed E-state index contributed by atoms with van der Waals surface area (Å²) in [5.41, 5.74) is 2.41. The van der Waals surface area contributed by atoms with Crippen LogP contribution < -0.4 is 10.2 Å². The van der Waals surface area contributed by atoms with E-state index in [2.05, 4.69) is 5.43 Å². The average Bonchev–Trinajstić information content (AvgIpc) is 2.87. The number of amides is 3. The zero-order valence-corrected chi connectivity index (χ0v) is 15.6. The normalized spacial score (nSPS) is 23.0. The van der Waals surface area contributed by atoms with E-state index in [4.69, 9.17) is 27.9 Å². The van der Waals surface area contributed by atoms with Gasteiger partial charge in [-0.1, -0.05) is 42.3 Å². The molecule has 1 heterocycles. The molecule has 0 bridgehead atoms. The Kier molecular flexibility index (Phi) is 5.53. The van der Waals surface area contributed by atoms with Crippen LogP contribution in [0.5, 0.6) is 5.75 Å². The van der Waals surface area contributed by atoms with E-state index in [0.29, 0.717) is 29.3 Å². The molecule has 1 saturated heterocycles. The van der Waals surface area contributed by atoms with E-state index in [1.54, 1.807) is 19.1 Å². The molecule has 0 unspecified atom stereocenters. The van der Waals surface area contributed by atoms with Crippen LogP contribution in [0.2, 0.25) is 10.0 Å². The second-order valence-electron chi connectivity index (χ2n) is 6.23. The summed E-state index contributed by atoms with van der Waals surface area (Å²) in [5, 5.41) is 1.56. The minimum absolute atomic E-state index is 0.262. The Labute approximate surface area is 161 Å². The van der Waals surface area contributed by atoms with Crippen LogP contribution in [-0.2, 0) is 14.4 Å². The molecule has 138 valence electrons. The van der Waals surface area contributed by atoms with Crippen molar-refractivity contribution in [1.29, 1.82) is 0 Å². The number of fused-ring (bicyclic) bond motifs is 1. The number of hydrazine groups is 1. The smallest absolute Gasteiger partial charge is 0.279 e. The van der Waals surface area contributed by atoms with Crippen molar-refractivity contribution in [2.24, 2.45) is 11.8 Å². The van der Waals surface area contributed by atoms with Gasteiger partial charge in [0.2, 0.25) is 0 Å². The minimum atomic E-state index is -0.924. The number of halogens is 2. The molecule has 3 rings (SSSR count). The number of allylic oxidation sites excluding steroid dienone is 2. The molecule has 26 heavy (non-hydrogen) atoms. The first kappa shape index (κ1) is 18.7. The van der Waals surface area contributed by atoms with Gasteiger partial charge in [-0.3, -0.25) is 19.8 Å². The largest absolute Gasteiger partial charge is 0.479 e. The molecule has 3 amide bonds. The van der Waals surface area contributed by atoms with E-state index < -0.39 is 23.8 Å². The Morgan fingerprint density at radius 1 is 1.23 bits per heavy atom. The van der Waals surface area contributed by atoms with Gasteiger partial charge in [-0.25, -0.2) is 0 Å². The third-order valence-corrected chi connectivity index (χ3v) is 5.10.